The van der Waals surface area contributed by atoms with Crippen LogP contribution in [0.4, 0.5) is 5.00 Å². The molecular formula is C14H18BrNO2S2. The summed E-state index contributed by atoms with van der Waals surface area (Å²) in [6, 6.07) is 7.97. The molecule has 0 bridgehead atoms. The Balaban J connectivity index is 2.53. The number of fused-ring (bicyclic) bond motifs is 1. The highest BCUT2D eigenvalue weighted by molar-refractivity contribution is 9.10. The fourth-order valence-corrected chi connectivity index (χ4v) is 5.58. The Morgan fingerprint density at radius 2 is 1.95 bits per heavy atom. The fourth-order valence-electron chi connectivity index (χ4n) is 1.99. The number of unbranched alkanes of at least 4 members (excludes halogenated alkanes) is 1. The van der Waals surface area contributed by atoms with E-state index in [-0.39, 0.29) is 5.75 Å². The molecule has 0 radical (unpaired) electrons. The third-order valence-corrected chi connectivity index (χ3v) is 7.30. The van der Waals surface area contributed by atoms with E-state index in [9.17, 15) is 8.42 Å². The van der Waals surface area contributed by atoms with Gasteiger partial charge in [0.25, 0.3) is 0 Å². The van der Waals surface area contributed by atoms with Crippen molar-refractivity contribution in [2.45, 2.75) is 26.7 Å². The maximum Gasteiger partial charge on any atom is 0.235 e. The standard InChI is InChI=1S/C14H18BrNO2S2/c1-3-5-10-16(20(17,18)4-2)14-13(15)11-8-6-7-9-12(11)19-14/h6-9H,3-5,10H2,1-2H3. The van der Waals surface area contributed by atoms with Crippen LogP contribution in [0, 0.1) is 0 Å². The first-order valence-corrected chi connectivity index (χ1v) is 9.90. The third kappa shape index (κ3) is 3.02. The molecule has 110 valence electrons. The van der Waals surface area contributed by atoms with Crippen molar-refractivity contribution in [3.8, 4) is 0 Å². The second-order valence-corrected chi connectivity index (χ2v) is 8.55. The van der Waals surface area contributed by atoms with Gasteiger partial charge in [0, 0.05) is 16.6 Å². The van der Waals surface area contributed by atoms with Crippen molar-refractivity contribution in [2.75, 3.05) is 16.6 Å². The first kappa shape index (κ1) is 15.8. The minimum absolute atomic E-state index is 0.122. The molecule has 20 heavy (non-hydrogen) atoms. The summed E-state index contributed by atoms with van der Waals surface area (Å²) in [7, 11) is -3.24. The van der Waals surface area contributed by atoms with E-state index in [1.807, 2.05) is 24.3 Å². The Kier molecular flexibility index (Phi) is 5.09. The molecule has 0 fully saturated rings. The van der Waals surface area contributed by atoms with Crippen molar-refractivity contribution in [1.29, 1.82) is 0 Å². The quantitative estimate of drug-likeness (QED) is 0.738. The molecule has 0 unspecified atom stereocenters. The lowest BCUT2D eigenvalue weighted by atomic mass is 10.3. The first-order chi connectivity index (χ1) is 9.51. The van der Waals surface area contributed by atoms with Gasteiger partial charge in [-0.3, -0.25) is 4.31 Å². The van der Waals surface area contributed by atoms with E-state index < -0.39 is 10.0 Å². The molecule has 1 heterocycles. The van der Waals surface area contributed by atoms with Gasteiger partial charge in [-0.05, 0) is 35.3 Å². The molecule has 1 aromatic carbocycles. The lowest BCUT2D eigenvalue weighted by Crippen LogP contribution is -2.32. The minimum Gasteiger partial charge on any atom is -0.260 e. The van der Waals surface area contributed by atoms with Crippen LogP contribution in [-0.2, 0) is 10.0 Å². The molecule has 1 aromatic heterocycles. The largest absolute Gasteiger partial charge is 0.260 e. The second kappa shape index (κ2) is 6.45. The highest BCUT2D eigenvalue weighted by atomic mass is 79.9. The Hall–Kier alpha value is -0.590. The van der Waals surface area contributed by atoms with Crippen LogP contribution in [-0.4, -0.2) is 20.7 Å². The molecule has 2 rings (SSSR count). The predicted molar refractivity (Wildman–Crippen MR) is 91.2 cm³/mol. The fraction of sp³-hybridized carbons (Fsp3) is 0.429. The summed E-state index contributed by atoms with van der Waals surface area (Å²) in [6.45, 7) is 4.30. The Labute approximate surface area is 132 Å². The Morgan fingerprint density at radius 3 is 2.55 bits per heavy atom. The maximum atomic E-state index is 12.3. The van der Waals surface area contributed by atoms with Crippen LogP contribution in [0.3, 0.4) is 0 Å². The number of sulfonamides is 1. The average Bonchev–Trinajstić information content (AvgIpc) is 2.77. The van der Waals surface area contributed by atoms with Crippen molar-refractivity contribution >= 4 is 52.4 Å². The average molecular weight is 376 g/mol. The normalized spacial score (nSPS) is 11.9. The van der Waals surface area contributed by atoms with Crippen molar-refractivity contribution in [3.05, 3.63) is 28.7 Å². The van der Waals surface area contributed by atoms with Gasteiger partial charge < -0.3 is 0 Å². The summed E-state index contributed by atoms with van der Waals surface area (Å²) in [5, 5.41) is 1.86. The van der Waals surface area contributed by atoms with Crippen molar-refractivity contribution in [3.63, 3.8) is 0 Å². The van der Waals surface area contributed by atoms with Crippen molar-refractivity contribution in [2.24, 2.45) is 0 Å². The number of anilines is 1. The number of thiophene rings is 1. The first-order valence-electron chi connectivity index (χ1n) is 6.68. The van der Waals surface area contributed by atoms with Gasteiger partial charge in [0.1, 0.15) is 5.00 Å². The van der Waals surface area contributed by atoms with Gasteiger partial charge >= 0.3 is 0 Å². The van der Waals surface area contributed by atoms with Gasteiger partial charge in [-0.2, -0.15) is 0 Å². The monoisotopic (exact) mass is 375 g/mol. The predicted octanol–water partition coefficient (Wildman–Crippen LogP) is 4.62. The molecule has 0 saturated heterocycles. The lowest BCUT2D eigenvalue weighted by Gasteiger charge is -2.22. The number of nitrogens with zero attached hydrogens (tertiary/aromatic N) is 1. The molecule has 0 N–H and O–H groups in total. The minimum atomic E-state index is -3.24. The lowest BCUT2D eigenvalue weighted by molar-refractivity contribution is 0.590. The SMILES string of the molecule is CCCCN(c1sc2ccccc2c1Br)S(=O)(=O)CC. The number of benzene rings is 1. The molecule has 3 nitrogen and oxygen atoms in total. The maximum absolute atomic E-state index is 12.3. The Bertz CT molecular complexity index is 694. The molecule has 0 aliphatic carbocycles. The van der Waals surface area contributed by atoms with E-state index in [1.54, 1.807) is 11.2 Å². The smallest absolute Gasteiger partial charge is 0.235 e. The number of halogens is 1. The zero-order valence-corrected chi connectivity index (χ0v) is 14.8. The van der Waals surface area contributed by atoms with Crippen molar-refractivity contribution in [1.82, 2.24) is 0 Å². The zero-order valence-electron chi connectivity index (χ0n) is 11.6. The van der Waals surface area contributed by atoms with E-state index >= 15 is 0 Å². The van der Waals surface area contributed by atoms with Crippen LogP contribution in [0.25, 0.3) is 10.1 Å². The van der Waals surface area contributed by atoms with E-state index in [0.717, 1.165) is 32.4 Å². The topological polar surface area (TPSA) is 37.4 Å². The van der Waals surface area contributed by atoms with Crippen molar-refractivity contribution < 1.29 is 8.42 Å². The molecule has 2 aromatic rings. The highest BCUT2D eigenvalue weighted by Gasteiger charge is 2.25. The van der Waals surface area contributed by atoms with Crippen LogP contribution in [0.15, 0.2) is 28.7 Å². The van der Waals surface area contributed by atoms with E-state index in [1.165, 1.54) is 11.3 Å². The summed E-state index contributed by atoms with van der Waals surface area (Å²) in [6.07, 6.45) is 1.83. The summed E-state index contributed by atoms with van der Waals surface area (Å²) < 4.78 is 28.2. The van der Waals surface area contributed by atoms with Crippen LogP contribution >= 0.6 is 27.3 Å². The van der Waals surface area contributed by atoms with Gasteiger partial charge in [0.15, 0.2) is 0 Å². The summed E-state index contributed by atoms with van der Waals surface area (Å²) >= 11 is 5.09. The molecule has 0 spiro atoms. The highest BCUT2D eigenvalue weighted by Crippen LogP contribution is 2.43. The molecular weight excluding hydrogens is 358 g/mol. The molecule has 0 aliphatic heterocycles. The Morgan fingerprint density at radius 1 is 1.25 bits per heavy atom. The number of rotatable bonds is 6. The summed E-state index contributed by atoms with van der Waals surface area (Å²) in [5.74, 6) is 0.122. The van der Waals surface area contributed by atoms with Gasteiger partial charge in [-0.15, -0.1) is 11.3 Å². The molecule has 0 saturated carbocycles. The zero-order chi connectivity index (χ0) is 14.8. The van der Waals surface area contributed by atoms with Crippen LogP contribution in [0.2, 0.25) is 0 Å². The van der Waals surface area contributed by atoms with Crippen LogP contribution in [0.5, 0.6) is 0 Å². The molecule has 0 atom stereocenters. The van der Waals surface area contributed by atoms with E-state index in [4.69, 9.17) is 0 Å². The third-order valence-electron chi connectivity index (χ3n) is 3.16. The molecule has 6 heteroatoms. The molecule has 0 aliphatic rings. The summed E-state index contributed by atoms with van der Waals surface area (Å²) in [4.78, 5) is 0. The summed E-state index contributed by atoms with van der Waals surface area (Å²) in [5.41, 5.74) is 0. The van der Waals surface area contributed by atoms with Gasteiger partial charge in [-0.1, -0.05) is 31.5 Å². The van der Waals surface area contributed by atoms with Gasteiger partial charge in [0.05, 0.1) is 10.2 Å². The second-order valence-electron chi connectivity index (χ2n) is 4.54. The van der Waals surface area contributed by atoms with Gasteiger partial charge in [0.2, 0.25) is 10.0 Å². The van der Waals surface area contributed by atoms with E-state index in [2.05, 4.69) is 22.9 Å². The number of hydrogen-bond donors (Lipinski definition) is 0. The van der Waals surface area contributed by atoms with Crippen LogP contribution in [0.1, 0.15) is 26.7 Å². The van der Waals surface area contributed by atoms with Crippen LogP contribution < -0.4 is 4.31 Å². The molecule has 0 amide bonds. The van der Waals surface area contributed by atoms with E-state index in [0.29, 0.717) is 6.54 Å². The van der Waals surface area contributed by atoms with Gasteiger partial charge in [-0.25, -0.2) is 8.42 Å². The number of hydrogen-bond acceptors (Lipinski definition) is 3.